The van der Waals surface area contributed by atoms with Gasteiger partial charge in [0.2, 0.25) is 0 Å². The van der Waals surface area contributed by atoms with Crippen LogP contribution in [-0.4, -0.2) is 14.7 Å². The van der Waals surface area contributed by atoms with Gasteiger partial charge in [-0.3, -0.25) is 0 Å². The van der Waals surface area contributed by atoms with Crippen LogP contribution in [0.3, 0.4) is 0 Å². The molecule has 0 atom stereocenters. The number of benzene rings is 1. The summed E-state index contributed by atoms with van der Waals surface area (Å²) in [4.78, 5) is 21.7. The fraction of sp³-hybridized carbons (Fsp3) is 0.571. The average molecular weight is 272 g/mol. The molecule has 3 N–H and O–H groups in total. The van der Waals surface area contributed by atoms with Crippen molar-refractivity contribution in [2.24, 2.45) is 0 Å². The molecule has 1 aromatic carbocycles. The molecule has 3 nitrogen and oxygen atoms in total. The lowest BCUT2D eigenvalue weighted by Crippen LogP contribution is -2.11. The van der Waals surface area contributed by atoms with E-state index in [4.69, 9.17) is 14.7 Å². The Morgan fingerprint density at radius 2 is 1.67 bits per heavy atom. The van der Waals surface area contributed by atoms with Crippen molar-refractivity contribution in [3.05, 3.63) is 35.4 Å². The van der Waals surface area contributed by atoms with Gasteiger partial charge in [-0.05, 0) is 29.4 Å². The van der Waals surface area contributed by atoms with Gasteiger partial charge in [0.1, 0.15) is 0 Å². The maximum atomic E-state index is 7.23. The van der Waals surface area contributed by atoms with Crippen LogP contribution in [0, 0.1) is 0 Å². The molecule has 0 unspecified atom stereocenters. The minimum atomic E-state index is -2.62. The van der Waals surface area contributed by atoms with Gasteiger partial charge in [0.25, 0.3) is 0 Å². The van der Waals surface area contributed by atoms with Crippen LogP contribution >= 0.6 is 8.60 Å². The third-order valence-corrected chi connectivity index (χ3v) is 2.61. The molecule has 1 rings (SSSR count). The van der Waals surface area contributed by atoms with Crippen LogP contribution in [-0.2, 0) is 11.8 Å². The van der Waals surface area contributed by atoms with Crippen molar-refractivity contribution in [3.8, 4) is 0 Å². The van der Waals surface area contributed by atoms with E-state index < -0.39 is 8.60 Å². The van der Waals surface area contributed by atoms with Crippen LogP contribution in [0.5, 0.6) is 0 Å². The maximum absolute atomic E-state index is 7.23. The summed E-state index contributed by atoms with van der Waals surface area (Å²) in [6, 6.07) is 9.02. The predicted octanol–water partition coefficient (Wildman–Crippen LogP) is 3.52. The Bertz CT molecular complexity index is 329. The predicted molar refractivity (Wildman–Crippen MR) is 77.3 cm³/mol. The minimum Gasteiger partial charge on any atom is -0.328 e. The molecule has 0 spiro atoms. The van der Waals surface area contributed by atoms with Gasteiger partial charge in [-0.15, -0.1) is 0 Å². The number of aryl methyl sites for hydroxylation is 1. The minimum absolute atomic E-state index is 0.280. The molecule has 0 heterocycles. The Morgan fingerprint density at radius 3 is 2.11 bits per heavy atom. The number of hydrogen-bond acceptors (Lipinski definition) is 3. The summed E-state index contributed by atoms with van der Waals surface area (Å²) in [5, 5.41) is 0. The number of rotatable bonds is 3. The molecule has 18 heavy (non-hydrogen) atoms. The molecule has 0 aliphatic rings. The Labute approximate surface area is 111 Å². The zero-order valence-electron chi connectivity index (χ0n) is 11.7. The first-order valence-electron chi connectivity index (χ1n) is 6.23. The Hall–Kier alpha value is -0.470. The van der Waals surface area contributed by atoms with E-state index in [-0.39, 0.29) is 5.41 Å². The molecule has 4 heteroatoms. The van der Waals surface area contributed by atoms with Crippen LogP contribution in [0.15, 0.2) is 24.3 Å². The molecule has 1 aromatic rings. The fourth-order valence-corrected chi connectivity index (χ4v) is 1.57. The van der Waals surface area contributed by atoms with Gasteiger partial charge in [0, 0.05) is 0 Å². The molecular formula is C14H25O3P. The lowest BCUT2D eigenvalue weighted by molar-refractivity contribution is 0.368. The van der Waals surface area contributed by atoms with Crippen molar-refractivity contribution >= 4 is 8.60 Å². The lowest BCUT2D eigenvalue weighted by atomic mass is 9.86. The molecule has 104 valence electrons. The monoisotopic (exact) mass is 272 g/mol. The van der Waals surface area contributed by atoms with E-state index in [1.165, 1.54) is 30.4 Å². The summed E-state index contributed by atoms with van der Waals surface area (Å²) in [5.41, 5.74) is 3.22. The van der Waals surface area contributed by atoms with E-state index in [1.807, 2.05) is 0 Å². The zero-order chi connectivity index (χ0) is 14.2. The highest BCUT2D eigenvalue weighted by atomic mass is 31.2. The topological polar surface area (TPSA) is 60.7 Å². The Balaban J connectivity index is 0.000000631. The van der Waals surface area contributed by atoms with E-state index in [0.717, 1.165) is 0 Å². The van der Waals surface area contributed by atoms with Gasteiger partial charge in [0.15, 0.2) is 0 Å². The van der Waals surface area contributed by atoms with Crippen molar-refractivity contribution in [2.45, 2.75) is 52.4 Å². The second kappa shape index (κ2) is 8.60. The third kappa shape index (κ3) is 8.60. The van der Waals surface area contributed by atoms with Gasteiger partial charge < -0.3 is 14.7 Å². The third-order valence-electron chi connectivity index (χ3n) is 2.61. The summed E-state index contributed by atoms with van der Waals surface area (Å²) in [6.07, 6.45) is 3.80. The molecule has 0 saturated carbocycles. The standard InChI is InChI=1S/C14H22.H3O3P/c1-5-6-8-12-9-7-10-13(11-12)14(2,3)4;1-4(2)3/h7,9-11H,5-6,8H2,1-4H3;1-3H. The summed E-state index contributed by atoms with van der Waals surface area (Å²) in [7, 11) is -2.62. The van der Waals surface area contributed by atoms with Crippen molar-refractivity contribution in [3.63, 3.8) is 0 Å². The first kappa shape index (κ1) is 17.5. The van der Waals surface area contributed by atoms with Gasteiger partial charge >= 0.3 is 8.60 Å². The molecule has 0 saturated heterocycles. The van der Waals surface area contributed by atoms with Crippen LogP contribution in [0.1, 0.15) is 51.7 Å². The van der Waals surface area contributed by atoms with Gasteiger partial charge in [-0.1, -0.05) is 58.4 Å². The average Bonchev–Trinajstić information content (AvgIpc) is 2.25. The van der Waals surface area contributed by atoms with E-state index in [9.17, 15) is 0 Å². The quantitative estimate of drug-likeness (QED) is 0.738. The molecule has 0 aliphatic heterocycles. The fourth-order valence-electron chi connectivity index (χ4n) is 1.57. The molecule has 0 bridgehead atoms. The zero-order valence-corrected chi connectivity index (χ0v) is 12.6. The lowest BCUT2D eigenvalue weighted by Gasteiger charge is -2.19. The molecule has 0 amide bonds. The van der Waals surface area contributed by atoms with Crippen molar-refractivity contribution in [2.75, 3.05) is 0 Å². The van der Waals surface area contributed by atoms with Gasteiger partial charge in [-0.2, -0.15) is 0 Å². The van der Waals surface area contributed by atoms with Crippen molar-refractivity contribution < 1.29 is 14.7 Å². The second-order valence-corrected chi connectivity index (χ2v) is 5.86. The molecule has 0 radical (unpaired) electrons. The van der Waals surface area contributed by atoms with Crippen LogP contribution in [0.25, 0.3) is 0 Å². The SMILES string of the molecule is CCCCc1cccc(C(C)(C)C)c1.OP(O)O. The first-order valence-corrected chi connectivity index (χ1v) is 7.43. The van der Waals surface area contributed by atoms with E-state index in [1.54, 1.807) is 0 Å². The molecule has 0 fully saturated rings. The molecular weight excluding hydrogens is 247 g/mol. The summed E-state index contributed by atoms with van der Waals surface area (Å²) in [6.45, 7) is 9.05. The van der Waals surface area contributed by atoms with Crippen molar-refractivity contribution in [1.82, 2.24) is 0 Å². The van der Waals surface area contributed by atoms with Crippen LogP contribution < -0.4 is 0 Å². The van der Waals surface area contributed by atoms with Crippen LogP contribution in [0.2, 0.25) is 0 Å². The normalized spacial score (nSPS) is 11.1. The van der Waals surface area contributed by atoms with Crippen molar-refractivity contribution in [1.29, 1.82) is 0 Å². The summed E-state index contributed by atoms with van der Waals surface area (Å²) < 4.78 is 0. The number of hydrogen-bond donors (Lipinski definition) is 3. The summed E-state index contributed by atoms with van der Waals surface area (Å²) >= 11 is 0. The Kier molecular flexibility index (Phi) is 8.38. The smallest absolute Gasteiger partial charge is 0.324 e. The van der Waals surface area contributed by atoms with E-state index in [2.05, 4.69) is 52.0 Å². The van der Waals surface area contributed by atoms with E-state index in [0.29, 0.717) is 0 Å². The van der Waals surface area contributed by atoms with E-state index >= 15 is 0 Å². The largest absolute Gasteiger partial charge is 0.328 e. The molecule has 0 aliphatic carbocycles. The summed E-state index contributed by atoms with van der Waals surface area (Å²) in [5.74, 6) is 0. The second-order valence-electron chi connectivity index (χ2n) is 5.32. The number of unbranched alkanes of at least 4 members (excludes halogenated alkanes) is 1. The Morgan fingerprint density at radius 1 is 1.11 bits per heavy atom. The van der Waals surface area contributed by atoms with Crippen LogP contribution in [0.4, 0.5) is 0 Å². The highest BCUT2D eigenvalue weighted by molar-refractivity contribution is 7.38. The maximum Gasteiger partial charge on any atom is 0.324 e. The first-order chi connectivity index (χ1) is 8.27. The highest BCUT2D eigenvalue weighted by Gasteiger charge is 2.13. The van der Waals surface area contributed by atoms with Gasteiger partial charge in [-0.25, -0.2) is 0 Å². The molecule has 0 aromatic heterocycles. The van der Waals surface area contributed by atoms with Gasteiger partial charge in [0.05, 0.1) is 0 Å². The highest BCUT2D eigenvalue weighted by Crippen LogP contribution is 2.23.